The smallest absolute Gasteiger partial charge is 0.253 e. The summed E-state index contributed by atoms with van der Waals surface area (Å²) in [5, 5.41) is 0. The molecule has 1 fully saturated rings. The summed E-state index contributed by atoms with van der Waals surface area (Å²) in [7, 11) is 1.54. The lowest BCUT2D eigenvalue weighted by molar-refractivity contribution is -0.141. The molecule has 16 heavy (non-hydrogen) atoms. The Morgan fingerprint density at radius 3 is 2.75 bits per heavy atom. The van der Waals surface area contributed by atoms with E-state index in [1.54, 1.807) is 0 Å². The zero-order valence-electron chi connectivity index (χ0n) is 10.1. The van der Waals surface area contributed by atoms with Gasteiger partial charge in [-0.25, -0.2) is 0 Å². The van der Waals surface area contributed by atoms with E-state index in [0.717, 1.165) is 31.8 Å². The normalized spacial score (nSPS) is 23.2. The maximum absolute atomic E-state index is 11.9. The van der Waals surface area contributed by atoms with Crippen molar-refractivity contribution in [3.8, 4) is 0 Å². The fourth-order valence-electron chi connectivity index (χ4n) is 1.98. The molecule has 96 valence electrons. The van der Waals surface area contributed by atoms with Crippen LogP contribution in [0.2, 0.25) is 0 Å². The summed E-state index contributed by atoms with van der Waals surface area (Å²) < 4.78 is 5.07. The molecule has 1 rings (SSSR count). The number of hydrogen-bond acceptors (Lipinski definition) is 3. The second-order valence-corrected chi connectivity index (χ2v) is 4.32. The minimum Gasteiger partial charge on any atom is -0.370 e. The molecular formula is C11H23ClN2O2. The zero-order chi connectivity index (χ0) is 11.3. The summed E-state index contributed by atoms with van der Waals surface area (Å²) >= 11 is 0. The predicted octanol–water partition coefficient (Wildman–Crippen LogP) is 1.03. The summed E-state index contributed by atoms with van der Waals surface area (Å²) in [6.07, 6.45) is 2.93. The average molecular weight is 251 g/mol. The molecule has 0 spiro atoms. The van der Waals surface area contributed by atoms with Crippen LogP contribution in [0.25, 0.3) is 0 Å². The van der Waals surface area contributed by atoms with Crippen LogP contribution >= 0.6 is 12.4 Å². The van der Waals surface area contributed by atoms with Crippen molar-refractivity contribution in [2.75, 3.05) is 26.7 Å². The highest BCUT2D eigenvalue weighted by molar-refractivity contribution is 5.85. The molecule has 2 unspecified atom stereocenters. The third kappa shape index (κ3) is 4.28. The van der Waals surface area contributed by atoms with Gasteiger partial charge in [-0.15, -0.1) is 12.4 Å². The van der Waals surface area contributed by atoms with Crippen molar-refractivity contribution < 1.29 is 9.53 Å². The third-order valence-corrected chi connectivity index (χ3v) is 3.10. The average Bonchev–Trinajstić information content (AvgIpc) is 2.44. The van der Waals surface area contributed by atoms with Crippen molar-refractivity contribution in [1.29, 1.82) is 0 Å². The molecule has 2 N–H and O–H groups in total. The van der Waals surface area contributed by atoms with Gasteiger partial charge in [0.2, 0.25) is 0 Å². The summed E-state index contributed by atoms with van der Waals surface area (Å²) in [6, 6.07) is 0. The number of likely N-dealkylation sites (tertiary alicyclic amines) is 1. The van der Waals surface area contributed by atoms with Crippen LogP contribution in [0.3, 0.4) is 0 Å². The first-order valence-electron chi connectivity index (χ1n) is 5.70. The number of methoxy groups -OCH3 is 1. The lowest BCUT2D eigenvalue weighted by Gasteiger charge is -2.24. The largest absolute Gasteiger partial charge is 0.370 e. The van der Waals surface area contributed by atoms with Crippen LogP contribution in [0.15, 0.2) is 0 Å². The van der Waals surface area contributed by atoms with E-state index < -0.39 is 6.10 Å². The molecule has 4 nitrogen and oxygen atoms in total. The Hall–Kier alpha value is -0.320. The monoisotopic (exact) mass is 250 g/mol. The lowest BCUT2D eigenvalue weighted by atomic mass is 10.0. The van der Waals surface area contributed by atoms with Crippen LogP contribution in [0.1, 0.15) is 26.2 Å². The first kappa shape index (κ1) is 15.7. The topological polar surface area (TPSA) is 55.6 Å². The fourth-order valence-corrected chi connectivity index (χ4v) is 1.98. The van der Waals surface area contributed by atoms with Crippen LogP contribution < -0.4 is 5.73 Å². The number of hydrogen-bond donors (Lipinski definition) is 1. The number of amides is 1. The van der Waals surface area contributed by atoms with Gasteiger partial charge in [0.1, 0.15) is 6.10 Å². The van der Waals surface area contributed by atoms with Gasteiger partial charge in [-0.3, -0.25) is 4.79 Å². The number of halogens is 1. The minimum atomic E-state index is -0.460. The Labute approximate surface area is 104 Å². The molecule has 1 saturated heterocycles. The van der Waals surface area contributed by atoms with Gasteiger partial charge in [0.15, 0.2) is 0 Å². The third-order valence-electron chi connectivity index (χ3n) is 3.10. The van der Waals surface area contributed by atoms with Gasteiger partial charge in [-0.2, -0.15) is 0 Å². The standard InChI is InChI=1S/C11H22N2O2.ClH/c1-9-4-3-6-13(7-5-9)11(14)10(8-12)15-2;/h9-10H,3-8,12H2,1-2H3;1H. The molecule has 1 amide bonds. The van der Waals surface area contributed by atoms with Crippen LogP contribution in [0, 0.1) is 5.92 Å². The fraction of sp³-hybridized carbons (Fsp3) is 0.909. The molecular weight excluding hydrogens is 228 g/mol. The van der Waals surface area contributed by atoms with Crippen molar-refractivity contribution >= 4 is 18.3 Å². The number of ether oxygens (including phenoxy) is 1. The second-order valence-electron chi connectivity index (χ2n) is 4.32. The van der Waals surface area contributed by atoms with E-state index in [9.17, 15) is 4.79 Å². The Balaban J connectivity index is 0.00000225. The highest BCUT2D eigenvalue weighted by Crippen LogP contribution is 2.17. The van der Waals surface area contributed by atoms with E-state index in [4.69, 9.17) is 10.5 Å². The molecule has 2 atom stereocenters. The molecule has 0 aliphatic carbocycles. The molecule has 1 aliphatic rings. The van der Waals surface area contributed by atoms with Crippen molar-refractivity contribution in [2.45, 2.75) is 32.3 Å². The van der Waals surface area contributed by atoms with Crippen molar-refractivity contribution in [3.05, 3.63) is 0 Å². The molecule has 1 aliphatic heterocycles. The summed E-state index contributed by atoms with van der Waals surface area (Å²) in [4.78, 5) is 13.8. The van der Waals surface area contributed by atoms with Gasteiger partial charge in [0.25, 0.3) is 5.91 Å². The molecule has 5 heteroatoms. The number of nitrogens with zero attached hydrogens (tertiary/aromatic N) is 1. The minimum absolute atomic E-state index is 0. The summed E-state index contributed by atoms with van der Waals surface area (Å²) in [5.41, 5.74) is 5.48. The Morgan fingerprint density at radius 2 is 2.19 bits per heavy atom. The first-order chi connectivity index (χ1) is 7.19. The molecule has 0 aromatic rings. The molecule has 0 aromatic heterocycles. The summed E-state index contributed by atoms with van der Waals surface area (Å²) in [5.74, 6) is 0.774. The van der Waals surface area contributed by atoms with Crippen molar-refractivity contribution in [1.82, 2.24) is 4.90 Å². The number of carbonyl (C=O) groups is 1. The molecule has 0 radical (unpaired) electrons. The number of rotatable bonds is 3. The van der Waals surface area contributed by atoms with E-state index >= 15 is 0 Å². The molecule has 0 aromatic carbocycles. The zero-order valence-corrected chi connectivity index (χ0v) is 11.0. The van der Waals surface area contributed by atoms with E-state index in [0.29, 0.717) is 0 Å². The second kappa shape index (κ2) is 7.87. The van der Waals surface area contributed by atoms with Crippen LogP contribution in [0.4, 0.5) is 0 Å². The van der Waals surface area contributed by atoms with Gasteiger partial charge >= 0.3 is 0 Å². The number of carbonyl (C=O) groups excluding carboxylic acids is 1. The van der Waals surface area contributed by atoms with Gasteiger partial charge in [-0.05, 0) is 25.2 Å². The van der Waals surface area contributed by atoms with Crippen LogP contribution in [0.5, 0.6) is 0 Å². The van der Waals surface area contributed by atoms with Crippen molar-refractivity contribution in [3.63, 3.8) is 0 Å². The maximum atomic E-state index is 11.9. The lowest BCUT2D eigenvalue weighted by Crippen LogP contribution is -2.44. The Kier molecular flexibility index (Phi) is 7.72. The van der Waals surface area contributed by atoms with Gasteiger partial charge in [0.05, 0.1) is 0 Å². The van der Waals surface area contributed by atoms with Gasteiger partial charge < -0.3 is 15.4 Å². The molecule has 0 bridgehead atoms. The highest BCUT2D eigenvalue weighted by Gasteiger charge is 2.24. The highest BCUT2D eigenvalue weighted by atomic mass is 35.5. The van der Waals surface area contributed by atoms with Crippen molar-refractivity contribution in [2.24, 2.45) is 11.7 Å². The van der Waals surface area contributed by atoms with E-state index in [1.807, 2.05) is 4.90 Å². The Bertz CT molecular complexity index is 210. The number of nitrogens with two attached hydrogens (primary N) is 1. The van der Waals surface area contributed by atoms with Crippen LogP contribution in [-0.4, -0.2) is 43.7 Å². The molecule has 0 saturated carbocycles. The van der Waals surface area contributed by atoms with Gasteiger partial charge in [0, 0.05) is 26.7 Å². The van der Waals surface area contributed by atoms with E-state index in [1.165, 1.54) is 13.5 Å². The van der Waals surface area contributed by atoms with E-state index in [-0.39, 0.29) is 24.9 Å². The SMILES string of the molecule is COC(CN)C(=O)N1CCCC(C)CC1.Cl. The van der Waals surface area contributed by atoms with Gasteiger partial charge in [-0.1, -0.05) is 6.92 Å². The van der Waals surface area contributed by atoms with E-state index in [2.05, 4.69) is 6.92 Å². The predicted molar refractivity (Wildman–Crippen MR) is 66.7 cm³/mol. The Morgan fingerprint density at radius 1 is 1.50 bits per heavy atom. The quantitative estimate of drug-likeness (QED) is 0.814. The summed E-state index contributed by atoms with van der Waals surface area (Å²) in [6.45, 7) is 4.20. The van der Waals surface area contributed by atoms with Crippen LogP contribution in [-0.2, 0) is 9.53 Å². The first-order valence-corrected chi connectivity index (χ1v) is 5.70. The maximum Gasteiger partial charge on any atom is 0.253 e. The molecule has 1 heterocycles.